The zero-order valence-corrected chi connectivity index (χ0v) is 23.8. The monoisotopic (exact) mass is 578 g/mol. The predicted octanol–water partition coefficient (Wildman–Crippen LogP) is 6.57. The summed E-state index contributed by atoms with van der Waals surface area (Å²) in [4.78, 5) is 27.2. The number of benzene rings is 1. The third-order valence-electron chi connectivity index (χ3n) is 9.01. The van der Waals surface area contributed by atoms with E-state index in [0.29, 0.717) is 15.9 Å². The molecule has 1 aromatic heterocycles. The Morgan fingerprint density at radius 3 is 2.36 bits per heavy atom. The van der Waals surface area contributed by atoms with Crippen LogP contribution in [0.2, 0.25) is 5.02 Å². The van der Waals surface area contributed by atoms with Crippen LogP contribution >= 0.6 is 27.5 Å². The van der Waals surface area contributed by atoms with E-state index in [4.69, 9.17) is 26.3 Å². The predicted molar refractivity (Wildman–Crippen MR) is 141 cm³/mol. The SMILES string of the molecule is CN(C)C12CC(c3nc(C4CC5CCC(C4)N5C(=O)OC(C)(C)C)c4cc(Cl)c(Br)c(F)c4n3)(C1)C2. The Kier molecular flexibility index (Phi) is 5.51. The van der Waals surface area contributed by atoms with E-state index in [2.05, 4.69) is 34.9 Å². The quantitative estimate of drug-likeness (QED) is 0.385. The number of nitrogens with zero attached hydrogens (tertiary/aromatic N) is 4. The molecule has 1 amide bonds. The number of carbonyl (C=O) groups is 1. The number of amides is 1. The number of piperidine rings is 1. The van der Waals surface area contributed by atoms with Gasteiger partial charge in [-0.05, 0) is 102 Å². The van der Waals surface area contributed by atoms with Gasteiger partial charge in [-0.3, -0.25) is 0 Å². The highest BCUT2D eigenvalue weighted by molar-refractivity contribution is 9.10. The molecular weight excluding hydrogens is 547 g/mol. The molecule has 1 aromatic carbocycles. The molecule has 2 saturated heterocycles. The molecule has 7 rings (SSSR count). The van der Waals surface area contributed by atoms with E-state index in [9.17, 15) is 4.79 Å². The lowest BCUT2D eigenvalue weighted by atomic mass is 9.38. The van der Waals surface area contributed by atoms with Gasteiger partial charge in [-0.1, -0.05) is 11.6 Å². The molecule has 3 aliphatic carbocycles. The number of aromatic nitrogens is 2. The normalized spacial score (nSPS) is 33.0. The molecule has 2 unspecified atom stereocenters. The van der Waals surface area contributed by atoms with Crippen LogP contribution in [0.5, 0.6) is 0 Å². The molecule has 2 aromatic rings. The largest absolute Gasteiger partial charge is 0.444 e. The van der Waals surface area contributed by atoms with Crippen LogP contribution in [-0.2, 0) is 10.2 Å². The summed E-state index contributed by atoms with van der Waals surface area (Å²) < 4.78 is 21.5. The van der Waals surface area contributed by atoms with Crippen LogP contribution in [-0.4, -0.2) is 63.2 Å². The maximum absolute atomic E-state index is 15.5. The van der Waals surface area contributed by atoms with E-state index < -0.39 is 11.4 Å². The summed E-state index contributed by atoms with van der Waals surface area (Å²) in [5.74, 6) is 0.450. The third-order valence-corrected chi connectivity index (χ3v) is 10.3. The van der Waals surface area contributed by atoms with Crippen molar-refractivity contribution in [1.82, 2.24) is 19.8 Å². The summed E-state index contributed by atoms with van der Waals surface area (Å²) >= 11 is 9.72. The number of ether oxygens (including phenoxy) is 1. The van der Waals surface area contributed by atoms with E-state index in [-0.39, 0.29) is 39.5 Å². The topological polar surface area (TPSA) is 58.6 Å². The average molecular weight is 580 g/mol. The average Bonchev–Trinajstić information content (AvgIpc) is 2.99. The molecule has 36 heavy (non-hydrogen) atoms. The van der Waals surface area contributed by atoms with Gasteiger partial charge < -0.3 is 14.5 Å². The first-order valence-electron chi connectivity index (χ1n) is 12.9. The van der Waals surface area contributed by atoms with E-state index >= 15 is 4.39 Å². The molecule has 9 heteroatoms. The van der Waals surface area contributed by atoms with Crippen LogP contribution in [0.25, 0.3) is 10.9 Å². The fourth-order valence-corrected chi connectivity index (χ4v) is 7.70. The van der Waals surface area contributed by atoms with Crippen molar-refractivity contribution in [2.75, 3.05) is 14.1 Å². The van der Waals surface area contributed by atoms with Crippen LogP contribution in [0, 0.1) is 5.82 Å². The van der Waals surface area contributed by atoms with Crippen molar-refractivity contribution in [3.63, 3.8) is 0 Å². The van der Waals surface area contributed by atoms with Crippen molar-refractivity contribution in [1.29, 1.82) is 0 Å². The van der Waals surface area contributed by atoms with Gasteiger partial charge in [0.2, 0.25) is 0 Å². The standard InChI is InChI=1S/C27H33BrClFN4O2/c1-25(2,3)36-24(35)34-15-6-7-16(34)9-14(8-15)21-17-10-18(29)19(28)20(30)22(17)32-23(31-21)26-11-27(12-26,13-26)33(4)5/h10,14-16H,6-9,11-13H2,1-5H3. The summed E-state index contributed by atoms with van der Waals surface area (Å²) in [5, 5.41) is 1.01. The van der Waals surface area contributed by atoms with Gasteiger partial charge in [-0.15, -0.1) is 0 Å². The number of fused-ring (bicyclic) bond motifs is 3. The Balaban J connectivity index is 1.38. The molecular formula is C27H33BrClFN4O2. The molecule has 0 N–H and O–H groups in total. The molecule has 6 nitrogen and oxygen atoms in total. The van der Waals surface area contributed by atoms with Gasteiger partial charge in [0.05, 0.1) is 15.2 Å². The first kappa shape index (κ1) is 24.8. The number of carbonyl (C=O) groups excluding carboxylic acids is 1. The first-order chi connectivity index (χ1) is 16.8. The molecule has 3 heterocycles. The molecule has 5 fully saturated rings. The zero-order valence-electron chi connectivity index (χ0n) is 21.5. The second-order valence-corrected chi connectivity index (χ2v) is 13.9. The molecule has 0 radical (unpaired) electrons. The third kappa shape index (κ3) is 3.61. The minimum atomic E-state index is -0.528. The Labute approximate surface area is 225 Å². The van der Waals surface area contributed by atoms with E-state index in [1.807, 2.05) is 25.7 Å². The maximum Gasteiger partial charge on any atom is 0.410 e. The Bertz CT molecular complexity index is 1250. The van der Waals surface area contributed by atoms with Crippen LogP contribution in [0.4, 0.5) is 9.18 Å². The minimum absolute atomic E-state index is 0.0675. The van der Waals surface area contributed by atoms with Crippen molar-refractivity contribution in [2.45, 2.75) is 100 Å². The maximum atomic E-state index is 15.5. The summed E-state index contributed by atoms with van der Waals surface area (Å²) in [6.45, 7) is 5.70. The Morgan fingerprint density at radius 2 is 1.81 bits per heavy atom. The molecule has 2 aliphatic heterocycles. The fraction of sp³-hybridized carbons (Fsp3) is 0.667. The van der Waals surface area contributed by atoms with Gasteiger partial charge in [-0.25, -0.2) is 19.2 Å². The summed E-state index contributed by atoms with van der Waals surface area (Å²) in [7, 11) is 4.26. The van der Waals surface area contributed by atoms with Gasteiger partial charge >= 0.3 is 6.09 Å². The van der Waals surface area contributed by atoms with Crippen molar-refractivity contribution in [3.8, 4) is 0 Å². The molecule has 4 bridgehead atoms. The number of hydrogen-bond donors (Lipinski definition) is 0. The highest BCUT2D eigenvalue weighted by Crippen LogP contribution is 2.69. The summed E-state index contributed by atoms with van der Waals surface area (Å²) in [5.41, 5.74) is 0.862. The van der Waals surface area contributed by atoms with E-state index in [1.54, 1.807) is 6.07 Å². The summed E-state index contributed by atoms with van der Waals surface area (Å²) in [6, 6.07) is 1.99. The molecule has 2 atom stereocenters. The molecule has 5 aliphatic rings. The van der Waals surface area contributed by atoms with E-state index in [0.717, 1.165) is 56.5 Å². The first-order valence-corrected chi connectivity index (χ1v) is 14.0. The number of hydrogen-bond acceptors (Lipinski definition) is 5. The van der Waals surface area contributed by atoms with Crippen molar-refractivity contribution in [2.24, 2.45) is 0 Å². The zero-order chi connectivity index (χ0) is 25.8. The lowest BCUT2D eigenvalue weighted by Gasteiger charge is -2.72. The molecule has 194 valence electrons. The van der Waals surface area contributed by atoms with Gasteiger partial charge in [-0.2, -0.15) is 0 Å². The van der Waals surface area contributed by atoms with Gasteiger partial charge in [0, 0.05) is 34.3 Å². The van der Waals surface area contributed by atoms with Crippen LogP contribution in [0.1, 0.15) is 83.2 Å². The van der Waals surface area contributed by atoms with Crippen LogP contribution in [0.3, 0.4) is 0 Å². The number of halogens is 3. The Hall–Kier alpha value is -1.51. The van der Waals surface area contributed by atoms with Crippen molar-refractivity contribution < 1.29 is 13.9 Å². The minimum Gasteiger partial charge on any atom is -0.444 e. The smallest absolute Gasteiger partial charge is 0.410 e. The number of rotatable bonds is 3. The van der Waals surface area contributed by atoms with Crippen LogP contribution < -0.4 is 0 Å². The summed E-state index contributed by atoms with van der Waals surface area (Å²) in [6.07, 6.45) is 6.27. The van der Waals surface area contributed by atoms with Gasteiger partial charge in [0.25, 0.3) is 0 Å². The molecule has 0 spiro atoms. The lowest BCUT2D eigenvalue weighted by molar-refractivity contribution is -0.155. The van der Waals surface area contributed by atoms with E-state index in [1.165, 1.54) is 0 Å². The fourth-order valence-electron chi connectivity index (χ4n) is 7.20. The lowest BCUT2D eigenvalue weighted by Crippen LogP contribution is -2.75. The highest BCUT2D eigenvalue weighted by atomic mass is 79.9. The van der Waals surface area contributed by atoms with Crippen LogP contribution in [0.15, 0.2) is 10.5 Å². The van der Waals surface area contributed by atoms with Gasteiger partial charge in [0.15, 0.2) is 5.82 Å². The second-order valence-electron chi connectivity index (χ2n) is 12.7. The highest BCUT2D eigenvalue weighted by Gasteiger charge is 2.71. The Morgan fingerprint density at radius 1 is 1.19 bits per heavy atom. The van der Waals surface area contributed by atoms with Gasteiger partial charge in [0.1, 0.15) is 16.9 Å². The van der Waals surface area contributed by atoms with Crippen molar-refractivity contribution in [3.05, 3.63) is 32.9 Å². The second kappa shape index (κ2) is 8.00. The molecule has 3 saturated carbocycles. The van der Waals surface area contributed by atoms with Crippen molar-refractivity contribution >= 4 is 44.5 Å².